The number of nitrogens with two attached hydrogens (primary N) is 1. The highest BCUT2D eigenvalue weighted by molar-refractivity contribution is 4.55. The van der Waals surface area contributed by atoms with Crippen LogP contribution in [0, 0.1) is 0 Å². The van der Waals surface area contributed by atoms with Crippen LogP contribution in [0.2, 0.25) is 0 Å². The minimum atomic E-state index is 0.574. The minimum Gasteiger partial charge on any atom is -0.330 e. The molecule has 0 aromatic heterocycles. The van der Waals surface area contributed by atoms with Crippen molar-refractivity contribution in [1.82, 2.24) is 5.32 Å². The molecule has 44 valence electrons. The molecule has 0 rings (SSSR count). The van der Waals surface area contributed by atoms with E-state index in [4.69, 9.17) is 5.73 Å². The molecule has 0 amide bonds. The smallest absolute Gasteiger partial charge is 0.00477 e. The van der Waals surface area contributed by atoms with Gasteiger partial charge in [0.1, 0.15) is 0 Å². The standard InChI is InChI=1S/C5H14N2/c1-5(7-2)3-4-6/h5,7H,3-4,6H2,1-2H3/t5-/m0/s1. The van der Waals surface area contributed by atoms with E-state index < -0.39 is 0 Å². The maximum atomic E-state index is 5.26. The summed E-state index contributed by atoms with van der Waals surface area (Å²) in [7, 11) is 1.94. The summed E-state index contributed by atoms with van der Waals surface area (Å²) >= 11 is 0. The van der Waals surface area contributed by atoms with Crippen molar-refractivity contribution in [1.29, 1.82) is 0 Å². The average Bonchev–Trinajstić information content (AvgIpc) is 1.68. The number of hydrogen-bond donors (Lipinski definition) is 2. The van der Waals surface area contributed by atoms with Gasteiger partial charge in [-0.2, -0.15) is 0 Å². The number of hydrogen-bond acceptors (Lipinski definition) is 2. The fourth-order valence-corrected chi connectivity index (χ4v) is 0.394. The molecule has 0 saturated heterocycles. The molecule has 0 aliphatic rings. The largest absolute Gasteiger partial charge is 0.330 e. The van der Waals surface area contributed by atoms with Gasteiger partial charge in [-0.25, -0.2) is 0 Å². The van der Waals surface area contributed by atoms with Gasteiger partial charge in [0.05, 0.1) is 0 Å². The van der Waals surface area contributed by atoms with Crippen molar-refractivity contribution in [2.75, 3.05) is 13.6 Å². The van der Waals surface area contributed by atoms with Crippen LogP contribution >= 0.6 is 0 Å². The quantitative estimate of drug-likeness (QED) is 0.524. The number of rotatable bonds is 3. The topological polar surface area (TPSA) is 38.0 Å². The highest BCUT2D eigenvalue weighted by atomic mass is 14.9. The summed E-state index contributed by atoms with van der Waals surface area (Å²) in [6.45, 7) is 2.90. The summed E-state index contributed by atoms with van der Waals surface area (Å²) in [6, 6.07) is 0.574. The summed E-state index contributed by atoms with van der Waals surface area (Å²) in [4.78, 5) is 0. The van der Waals surface area contributed by atoms with Crippen molar-refractivity contribution in [3.63, 3.8) is 0 Å². The molecule has 0 aromatic carbocycles. The van der Waals surface area contributed by atoms with Crippen LogP contribution in [0.25, 0.3) is 0 Å². The van der Waals surface area contributed by atoms with Crippen molar-refractivity contribution in [2.45, 2.75) is 19.4 Å². The lowest BCUT2D eigenvalue weighted by molar-refractivity contribution is 0.572. The molecule has 0 spiro atoms. The molecule has 7 heavy (non-hydrogen) atoms. The molecule has 0 heterocycles. The molecule has 0 radical (unpaired) electrons. The second-order valence-corrected chi connectivity index (χ2v) is 1.77. The van der Waals surface area contributed by atoms with E-state index in [1.807, 2.05) is 7.05 Å². The molecule has 0 unspecified atom stereocenters. The molecule has 0 saturated carbocycles. The van der Waals surface area contributed by atoms with Gasteiger partial charge in [-0.3, -0.25) is 0 Å². The highest BCUT2D eigenvalue weighted by Crippen LogP contribution is 1.82. The third kappa shape index (κ3) is 3.76. The lowest BCUT2D eigenvalue weighted by Gasteiger charge is -2.05. The summed E-state index contributed by atoms with van der Waals surface area (Å²) in [5, 5.41) is 3.09. The fraction of sp³-hybridized carbons (Fsp3) is 1.00. The zero-order valence-corrected chi connectivity index (χ0v) is 5.07. The molecule has 2 nitrogen and oxygen atoms in total. The van der Waals surface area contributed by atoms with E-state index in [0.29, 0.717) is 6.04 Å². The van der Waals surface area contributed by atoms with Crippen LogP contribution in [0.4, 0.5) is 0 Å². The van der Waals surface area contributed by atoms with Gasteiger partial charge in [-0.1, -0.05) is 0 Å². The van der Waals surface area contributed by atoms with E-state index in [0.717, 1.165) is 13.0 Å². The van der Waals surface area contributed by atoms with E-state index in [-0.39, 0.29) is 0 Å². The second kappa shape index (κ2) is 4.09. The Morgan fingerprint density at radius 3 is 2.43 bits per heavy atom. The predicted octanol–water partition coefficient (Wildman–Crippen LogP) is -0.0569. The molecule has 2 heteroatoms. The van der Waals surface area contributed by atoms with Gasteiger partial charge in [0, 0.05) is 6.04 Å². The Morgan fingerprint density at radius 2 is 2.29 bits per heavy atom. The van der Waals surface area contributed by atoms with Gasteiger partial charge in [-0.15, -0.1) is 0 Å². The Labute approximate surface area is 45.1 Å². The summed E-state index contributed by atoms with van der Waals surface area (Å²) < 4.78 is 0. The van der Waals surface area contributed by atoms with Gasteiger partial charge < -0.3 is 11.1 Å². The molecule has 0 aliphatic carbocycles. The molecule has 0 fully saturated rings. The third-order valence-corrected chi connectivity index (χ3v) is 1.09. The van der Waals surface area contributed by atoms with Gasteiger partial charge in [-0.05, 0) is 26.9 Å². The first-order chi connectivity index (χ1) is 3.31. The zero-order valence-electron chi connectivity index (χ0n) is 5.07. The van der Waals surface area contributed by atoms with Crippen LogP contribution in [0.1, 0.15) is 13.3 Å². The Hall–Kier alpha value is -0.0800. The maximum Gasteiger partial charge on any atom is 0.00477 e. The van der Waals surface area contributed by atoms with E-state index in [1.54, 1.807) is 0 Å². The summed E-state index contributed by atoms with van der Waals surface area (Å²) in [5.41, 5.74) is 5.26. The second-order valence-electron chi connectivity index (χ2n) is 1.77. The predicted molar refractivity (Wildman–Crippen MR) is 32.2 cm³/mol. The average molecular weight is 102 g/mol. The lowest BCUT2D eigenvalue weighted by atomic mass is 10.2. The fourth-order valence-electron chi connectivity index (χ4n) is 0.394. The van der Waals surface area contributed by atoms with Gasteiger partial charge in [0.2, 0.25) is 0 Å². The van der Waals surface area contributed by atoms with Crippen molar-refractivity contribution < 1.29 is 0 Å². The van der Waals surface area contributed by atoms with Gasteiger partial charge in [0.15, 0.2) is 0 Å². The first kappa shape index (κ1) is 6.92. The summed E-state index contributed by atoms with van der Waals surface area (Å²) in [5.74, 6) is 0. The van der Waals surface area contributed by atoms with Crippen LogP contribution in [-0.2, 0) is 0 Å². The van der Waals surface area contributed by atoms with Crippen molar-refractivity contribution in [3.05, 3.63) is 0 Å². The van der Waals surface area contributed by atoms with E-state index >= 15 is 0 Å². The molecule has 1 atom stereocenters. The van der Waals surface area contributed by atoms with Crippen LogP contribution in [0.3, 0.4) is 0 Å². The Bertz CT molecular complexity index is 37.1. The van der Waals surface area contributed by atoms with Crippen LogP contribution < -0.4 is 11.1 Å². The first-order valence-electron chi connectivity index (χ1n) is 2.68. The van der Waals surface area contributed by atoms with E-state index in [1.165, 1.54) is 0 Å². The minimum absolute atomic E-state index is 0.574. The van der Waals surface area contributed by atoms with Crippen molar-refractivity contribution in [3.8, 4) is 0 Å². The lowest BCUT2D eigenvalue weighted by Crippen LogP contribution is -2.23. The first-order valence-corrected chi connectivity index (χ1v) is 2.68. The van der Waals surface area contributed by atoms with Crippen LogP contribution in [-0.4, -0.2) is 19.6 Å². The molecule has 0 aromatic rings. The molecule has 0 aliphatic heterocycles. The van der Waals surface area contributed by atoms with E-state index in [2.05, 4.69) is 12.2 Å². The Morgan fingerprint density at radius 1 is 1.71 bits per heavy atom. The normalized spacial score (nSPS) is 14.1. The highest BCUT2D eigenvalue weighted by Gasteiger charge is 1.91. The monoisotopic (exact) mass is 102 g/mol. The molecular weight excluding hydrogens is 88.1 g/mol. The number of nitrogens with one attached hydrogen (secondary N) is 1. The van der Waals surface area contributed by atoms with Crippen molar-refractivity contribution in [2.24, 2.45) is 5.73 Å². The molecular formula is C5H14N2. The third-order valence-electron chi connectivity index (χ3n) is 1.09. The summed E-state index contributed by atoms with van der Waals surface area (Å²) in [6.07, 6.45) is 1.07. The SMILES string of the molecule is CN[C@@H](C)CCN. The van der Waals surface area contributed by atoms with Crippen LogP contribution in [0.5, 0.6) is 0 Å². The van der Waals surface area contributed by atoms with Gasteiger partial charge >= 0.3 is 0 Å². The zero-order chi connectivity index (χ0) is 5.70. The Balaban J connectivity index is 2.83. The van der Waals surface area contributed by atoms with Gasteiger partial charge in [0.25, 0.3) is 0 Å². The molecule has 3 N–H and O–H groups in total. The Kier molecular flexibility index (Phi) is 4.04. The molecule has 0 bridgehead atoms. The van der Waals surface area contributed by atoms with Crippen LogP contribution in [0.15, 0.2) is 0 Å². The maximum absolute atomic E-state index is 5.26. The van der Waals surface area contributed by atoms with Crippen molar-refractivity contribution >= 4 is 0 Å². The van der Waals surface area contributed by atoms with E-state index in [9.17, 15) is 0 Å².